The summed E-state index contributed by atoms with van der Waals surface area (Å²) >= 11 is 0. The third kappa shape index (κ3) is 6.46. The van der Waals surface area contributed by atoms with Crippen LogP contribution in [0.3, 0.4) is 0 Å². The van der Waals surface area contributed by atoms with Crippen LogP contribution in [0.15, 0.2) is 36.4 Å². The van der Waals surface area contributed by atoms with Crippen LogP contribution >= 0.6 is 0 Å². The molecule has 0 bridgehead atoms. The fraction of sp³-hybridized carbons (Fsp3) is 0.571. The fourth-order valence-corrected chi connectivity index (χ4v) is 3.17. The van der Waals surface area contributed by atoms with Crippen LogP contribution < -0.4 is 0 Å². The van der Waals surface area contributed by atoms with Crippen LogP contribution in [0.1, 0.15) is 64.0 Å². The van der Waals surface area contributed by atoms with E-state index in [0.717, 1.165) is 37.7 Å². The van der Waals surface area contributed by atoms with Crippen molar-refractivity contribution in [3.63, 3.8) is 0 Å². The summed E-state index contributed by atoms with van der Waals surface area (Å²) in [5, 5.41) is 18.8. The van der Waals surface area contributed by atoms with Crippen molar-refractivity contribution in [3.05, 3.63) is 42.0 Å². The summed E-state index contributed by atoms with van der Waals surface area (Å²) in [6.07, 6.45) is 8.74. The second kappa shape index (κ2) is 9.74. The third-order valence-corrected chi connectivity index (χ3v) is 4.59. The van der Waals surface area contributed by atoms with Crippen molar-refractivity contribution in [3.8, 4) is 5.75 Å². The molecule has 1 fully saturated rings. The normalized spacial score (nSPS) is 22.5. The van der Waals surface area contributed by atoms with Crippen LogP contribution in [0.5, 0.6) is 5.75 Å². The lowest BCUT2D eigenvalue weighted by Crippen LogP contribution is -2.41. The molecule has 0 aliphatic carbocycles. The predicted molar refractivity (Wildman–Crippen MR) is 99.9 cm³/mol. The lowest BCUT2D eigenvalue weighted by atomic mass is 9.91. The molecular weight excluding hydrogens is 332 g/mol. The first-order chi connectivity index (χ1) is 12.4. The van der Waals surface area contributed by atoms with Gasteiger partial charge in [0.2, 0.25) is 0 Å². The van der Waals surface area contributed by atoms with Crippen molar-refractivity contribution in [1.82, 2.24) is 0 Å². The molecular formula is C21H30O5. The smallest absolute Gasteiger partial charge is 0.303 e. The van der Waals surface area contributed by atoms with Crippen molar-refractivity contribution in [2.45, 2.75) is 64.3 Å². The average Bonchev–Trinajstić information content (AvgIpc) is 2.58. The van der Waals surface area contributed by atoms with E-state index < -0.39 is 11.8 Å². The van der Waals surface area contributed by atoms with Gasteiger partial charge >= 0.3 is 5.97 Å². The number of unbranched alkanes of at least 4 members (excludes halogenated alkanes) is 3. The molecule has 26 heavy (non-hydrogen) atoms. The molecule has 1 aliphatic heterocycles. The Morgan fingerprint density at radius 1 is 1.23 bits per heavy atom. The van der Waals surface area contributed by atoms with E-state index in [9.17, 15) is 9.90 Å². The van der Waals surface area contributed by atoms with Gasteiger partial charge in [0.25, 0.3) is 0 Å². The second-order valence-electron chi connectivity index (χ2n) is 7.27. The number of hydrogen-bond donors (Lipinski definition) is 2. The van der Waals surface area contributed by atoms with Crippen molar-refractivity contribution < 1.29 is 24.5 Å². The van der Waals surface area contributed by atoms with E-state index >= 15 is 0 Å². The number of para-hydroxylation sites is 1. The van der Waals surface area contributed by atoms with Gasteiger partial charge in [0.1, 0.15) is 5.75 Å². The van der Waals surface area contributed by atoms with Crippen molar-refractivity contribution in [2.75, 3.05) is 6.61 Å². The molecule has 0 unspecified atom stereocenters. The highest BCUT2D eigenvalue weighted by atomic mass is 16.7. The van der Waals surface area contributed by atoms with E-state index in [0.29, 0.717) is 6.61 Å². The quantitative estimate of drug-likeness (QED) is 0.487. The maximum Gasteiger partial charge on any atom is 0.303 e. The molecule has 2 atom stereocenters. The second-order valence-corrected chi connectivity index (χ2v) is 7.27. The van der Waals surface area contributed by atoms with Gasteiger partial charge in [-0.1, -0.05) is 36.8 Å². The summed E-state index contributed by atoms with van der Waals surface area (Å²) in [5.41, 5.74) is 0.802. The number of aliphatic carboxylic acids is 1. The zero-order chi connectivity index (χ0) is 19.0. The van der Waals surface area contributed by atoms with Gasteiger partial charge in [-0.3, -0.25) is 4.79 Å². The molecule has 2 rings (SSSR count). The van der Waals surface area contributed by atoms with Crippen molar-refractivity contribution >= 4 is 5.97 Å². The first kappa shape index (κ1) is 20.5. The molecule has 2 N–H and O–H groups in total. The van der Waals surface area contributed by atoms with E-state index in [4.69, 9.17) is 14.6 Å². The van der Waals surface area contributed by atoms with Crippen molar-refractivity contribution in [2.24, 2.45) is 5.92 Å². The number of allylic oxidation sites excluding steroid dienone is 2. The highest BCUT2D eigenvalue weighted by Crippen LogP contribution is 2.41. The number of phenols is 1. The Hall–Kier alpha value is -1.85. The van der Waals surface area contributed by atoms with Gasteiger partial charge in [0.15, 0.2) is 5.79 Å². The molecule has 1 saturated heterocycles. The molecule has 5 nitrogen and oxygen atoms in total. The Morgan fingerprint density at radius 3 is 2.73 bits per heavy atom. The van der Waals surface area contributed by atoms with E-state index in [1.807, 2.05) is 32.0 Å². The number of carboxylic acids is 1. The molecule has 0 aromatic heterocycles. The molecule has 0 saturated carbocycles. The van der Waals surface area contributed by atoms with E-state index in [2.05, 4.69) is 12.2 Å². The standard InChI is InChI=1S/C21H30O5/c1-21(2)25-15-16(11-7-5-3-4-6-8-14-19(23)24)20(26-21)17-12-9-10-13-18(17)22/h5,7,9-10,12-13,16,20,22H,3-4,6,8,11,14-15H2,1-2H3,(H,23,24)/b7-5-/t16-,20+/m1/s1. The summed E-state index contributed by atoms with van der Waals surface area (Å²) in [5.74, 6) is -1.00. The van der Waals surface area contributed by atoms with Crippen LogP contribution in [-0.4, -0.2) is 28.6 Å². The van der Waals surface area contributed by atoms with Gasteiger partial charge in [-0.25, -0.2) is 0 Å². The first-order valence-electron chi connectivity index (χ1n) is 9.35. The molecule has 1 heterocycles. The van der Waals surface area contributed by atoms with E-state index in [1.54, 1.807) is 6.07 Å². The monoisotopic (exact) mass is 362 g/mol. The van der Waals surface area contributed by atoms with Crippen LogP contribution in [0.2, 0.25) is 0 Å². The molecule has 1 aliphatic rings. The number of hydrogen-bond acceptors (Lipinski definition) is 4. The molecule has 0 radical (unpaired) electrons. The Labute approximate surface area is 155 Å². The summed E-state index contributed by atoms with van der Waals surface area (Å²) in [6.45, 7) is 4.36. The molecule has 1 aromatic rings. The summed E-state index contributed by atoms with van der Waals surface area (Å²) in [4.78, 5) is 10.5. The zero-order valence-electron chi connectivity index (χ0n) is 15.7. The zero-order valence-corrected chi connectivity index (χ0v) is 15.7. The molecule has 5 heteroatoms. The highest BCUT2D eigenvalue weighted by Gasteiger charge is 2.37. The Kier molecular flexibility index (Phi) is 7.66. The predicted octanol–water partition coefficient (Wildman–Crippen LogP) is 4.81. The largest absolute Gasteiger partial charge is 0.508 e. The van der Waals surface area contributed by atoms with Crippen LogP contribution in [0.25, 0.3) is 0 Å². The van der Waals surface area contributed by atoms with Gasteiger partial charge in [0, 0.05) is 17.9 Å². The minimum absolute atomic E-state index is 0.139. The third-order valence-electron chi connectivity index (χ3n) is 4.59. The minimum atomic E-state index is -0.726. The maximum atomic E-state index is 10.5. The van der Waals surface area contributed by atoms with Gasteiger partial charge in [-0.2, -0.15) is 0 Å². The lowest BCUT2D eigenvalue weighted by Gasteiger charge is -2.41. The number of carboxylic acid groups (broad SMARTS) is 1. The van der Waals surface area contributed by atoms with Crippen LogP contribution in [0.4, 0.5) is 0 Å². The van der Waals surface area contributed by atoms with Crippen LogP contribution in [0, 0.1) is 5.92 Å². The number of rotatable bonds is 9. The summed E-state index contributed by atoms with van der Waals surface area (Å²) < 4.78 is 11.9. The number of phenolic OH excluding ortho intramolecular Hbond substituents is 1. The number of benzene rings is 1. The highest BCUT2D eigenvalue weighted by molar-refractivity contribution is 5.66. The minimum Gasteiger partial charge on any atom is -0.508 e. The number of aromatic hydroxyl groups is 1. The SMILES string of the molecule is CC1(C)OC[C@@H](C/C=C\CCCCCC(=O)O)[C@@H](c2ccccc2O)O1. The van der Waals surface area contributed by atoms with E-state index in [1.165, 1.54) is 0 Å². The van der Waals surface area contributed by atoms with Crippen molar-refractivity contribution in [1.29, 1.82) is 0 Å². The Balaban J connectivity index is 1.87. The fourth-order valence-electron chi connectivity index (χ4n) is 3.17. The molecule has 0 amide bonds. The summed E-state index contributed by atoms with van der Waals surface area (Å²) in [6, 6.07) is 7.30. The van der Waals surface area contributed by atoms with Gasteiger partial charge in [-0.05, 0) is 45.6 Å². The van der Waals surface area contributed by atoms with Gasteiger partial charge in [0.05, 0.1) is 12.7 Å². The molecule has 0 spiro atoms. The first-order valence-corrected chi connectivity index (χ1v) is 9.35. The summed E-state index contributed by atoms with van der Waals surface area (Å²) in [7, 11) is 0. The Morgan fingerprint density at radius 2 is 2.00 bits per heavy atom. The molecule has 144 valence electrons. The van der Waals surface area contributed by atoms with E-state index in [-0.39, 0.29) is 24.2 Å². The average molecular weight is 362 g/mol. The van der Waals surface area contributed by atoms with Gasteiger partial charge < -0.3 is 19.7 Å². The number of ether oxygens (including phenoxy) is 2. The number of carbonyl (C=O) groups is 1. The lowest BCUT2D eigenvalue weighted by molar-refractivity contribution is -0.295. The topological polar surface area (TPSA) is 76.0 Å². The van der Waals surface area contributed by atoms with Gasteiger partial charge in [-0.15, -0.1) is 0 Å². The molecule has 1 aromatic carbocycles. The maximum absolute atomic E-state index is 10.5. The van der Waals surface area contributed by atoms with Crippen LogP contribution in [-0.2, 0) is 14.3 Å². The Bertz CT molecular complexity index is 608.